The van der Waals surface area contributed by atoms with E-state index in [1.54, 1.807) is 0 Å². The molecule has 0 radical (unpaired) electrons. The van der Waals surface area contributed by atoms with Gasteiger partial charge in [0.25, 0.3) is 0 Å². The fourth-order valence-corrected chi connectivity index (χ4v) is 0.790. The molecule has 0 atom stereocenters. The van der Waals surface area contributed by atoms with Crippen LogP contribution in [0, 0.1) is 5.92 Å². The first-order chi connectivity index (χ1) is 5.86. The number of aliphatic hydroxyl groups is 2. The summed E-state index contributed by atoms with van der Waals surface area (Å²) < 4.78 is 3.87. The van der Waals surface area contributed by atoms with E-state index in [9.17, 15) is 14.4 Å². The normalized spacial score (nSPS) is 10.3. The summed E-state index contributed by atoms with van der Waals surface area (Å²) in [5.41, 5.74) is 0. The molecule has 2 N–H and O–H groups in total. The Morgan fingerprint density at radius 2 is 1.46 bits per heavy atom. The summed E-state index contributed by atoms with van der Waals surface area (Å²) >= 11 is 0. The van der Waals surface area contributed by atoms with Gasteiger partial charge in [0.05, 0.1) is 0 Å². The van der Waals surface area contributed by atoms with Gasteiger partial charge < -0.3 is 14.9 Å². The number of aliphatic hydroxyl groups excluding tert-OH is 1. The summed E-state index contributed by atoms with van der Waals surface area (Å²) in [5.74, 6) is -4.21. The summed E-state index contributed by atoms with van der Waals surface area (Å²) in [4.78, 5) is 32.3. The highest BCUT2D eigenvalue weighted by Gasteiger charge is 2.30. The van der Waals surface area contributed by atoms with Crippen molar-refractivity contribution in [1.82, 2.24) is 0 Å². The minimum atomic E-state index is -2.31. The van der Waals surface area contributed by atoms with E-state index in [1.807, 2.05) is 0 Å². The molecule has 0 amide bonds. The van der Waals surface area contributed by atoms with Gasteiger partial charge in [-0.2, -0.15) is 0 Å². The van der Waals surface area contributed by atoms with E-state index in [0.717, 1.165) is 13.8 Å². The van der Waals surface area contributed by atoms with Crippen LogP contribution in [0.25, 0.3) is 0 Å². The molecule has 0 heterocycles. The third-order valence-electron chi connectivity index (χ3n) is 1.27. The molecule has 0 aliphatic heterocycles. The molecule has 0 aromatic rings. The van der Waals surface area contributed by atoms with E-state index >= 15 is 0 Å². The van der Waals surface area contributed by atoms with Crippen LogP contribution in [0.4, 0.5) is 0 Å². The molecule has 0 aliphatic carbocycles. The minimum Gasteiger partial charge on any atom is -0.410 e. The maximum Gasteiger partial charge on any atom is 0.328 e. The second-order valence-corrected chi connectivity index (χ2v) is 2.42. The Kier molecular flexibility index (Phi) is 4.22. The minimum absolute atomic E-state index is 0.696. The number of ketones is 2. The summed E-state index contributed by atoms with van der Waals surface area (Å²) in [6.07, 6.45) is 0. The second-order valence-electron chi connectivity index (χ2n) is 2.42. The van der Waals surface area contributed by atoms with E-state index < -0.39 is 29.9 Å². The van der Waals surface area contributed by atoms with Gasteiger partial charge in [0.1, 0.15) is 0 Å². The Hall–Kier alpha value is -1.27. The lowest BCUT2D eigenvalue weighted by Gasteiger charge is -2.10. The van der Waals surface area contributed by atoms with Gasteiger partial charge in [0.2, 0.25) is 0 Å². The van der Waals surface area contributed by atoms with E-state index in [-0.39, 0.29) is 0 Å². The molecule has 0 saturated carbocycles. The van der Waals surface area contributed by atoms with E-state index in [4.69, 9.17) is 10.2 Å². The highest BCUT2D eigenvalue weighted by molar-refractivity contribution is 6.15. The molecule has 0 spiro atoms. The highest BCUT2D eigenvalue weighted by Crippen LogP contribution is 2.04. The molecule has 6 nitrogen and oxygen atoms in total. The molecule has 74 valence electrons. The average molecular weight is 190 g/mol. The molecule has 0 fully saturated rings. The van der Waals surface area contributed by atoms with Crippen LogP contribution in [0.5, 0.6) is 0 Å². The van der Waals surface area contributed by atoms with Crippen LogP contribution in [0.2, 0.25) is 0 Å². The lowest BCUT2D eigenvalue weighted by atomic mass is 10.0. The zero-order chi connectivity index (χ0) is 10.6. The molecular weight excluding hydrogens is 180 g/mol. The van der Waals surface area contributed by atoms with Crippen LogP contribution < -0.4 is 0 Å². The number of Topliss-reactive ketones (excluding diaryl/α,β-unsaturated/α-hetero) is 2. The van der Waals surface area contributed by atoms with Crippen LogP contribution in [-0.4, -0.2) is 34.2 Å². The molecular formula is C7H10O6. The van der Waals surface area contributed by atoms with Gasteiger partial charge in [-0.3, -0.25) is 14.4 Å². The third kappa shape index (κ3) is 3.77. The Morgan fingerprint density at radius 1 is 1.08 bits per heavy atom. The predicted molar refractivity (Wildman–Crippen MR) is 39.2 cm³/mol. The maximum atomic E-state index is 10.9. The molecule has 0 aliphatic rings. The van der Waals surface area contributed by atoms with Gasteiger partial charge in [-0.05, 0) is 13.8 Å². The number of ether oxygens (including phenoxy) is 1. The Bertz CT molecular complexity index is 217. The van der Waals surface area contributed by atoms with Crippen LogP contribution in [0.1, 0.15) is 13.8 Å². The first-order valence-corrected chi connectivity index (χ1v) is 3.43. The van der Waals surface area contributed by atoms with Gasteiger partial charge in [-0.25, -0.2) is 0 Å². The standard InChI is InChI=1S/C7H10O6/c1-3(8)5(4(2)9)6(10)13-7(11)12/h5,7,11-12H,1-2H3. The number of rotatable bonds is 4. The fourth-order valence-electron chi connectivity index (χ4n) is 0.790. The van der Waals surface area contributed by atoms with Gasteiger partial charge in [0, 0.05) is 0 Å². The zero-order valence-corrected chi connectivity index (χ0v) is 7.18. The summed E-state index contributed by atoms with van der Waals surface area (Å²) in [6, 6.07) is 0. The maximum absolute atomic E-state index is 10.9. The van der Waals surface area contributed by atoms with Crippen molar-refractivity contribution in [1.29, 1.82) is 0 Å². The number of hydrogen-bond acceptors (Lipinski definition) is 6. The molecule has 0 aromatic heterocycles. The second kappa shape index (κ2) is 4.68. The van der Waals surface area contributed by atoms with Crippen molar-refractivity contribution in [3.8, 4) is 0 Å². The van der Waals surface area contributed by atoms with Crippen molar-refractivity contribution in [3.05, 3.63) is 0 Å². The van der Waals surface area contributed by atoms with Crippen LogP contribution in [0.15, 0.2) is 0 Å². The molecule has 0 saturated heterocycles. The molecule has 0 bridgehead atoms. The lowest BCUT2D eigenvalue weighted by Crippen LogP contribution is -2.33. The number of carbonyl (C=O) groups excluding carboxylic acids is 3. The molecule has 0 rings (SSSR count). The molecule has 13 heavy (non-hydrogen) atoms. The lowest BCUT2D eigenvalue weighted by molar-refractivity contribution is -0.231. The number of hydrogen-bond donors (Lipinski definition) is 2. The topological polar surface area (TPSA) is 101 Å². The largest absolute Gasteiger partial charge is 0.410 e. The van der Waals surface area contributed by atoms with Crippen LogP contribution in [-0.2, 0) is 19.1 Å². The van der Waals surface area contributed by atoms with Crippen molar-refractivity contribution in [2.45, 2.75) is 20.3 Å². The monoisotopic (exact) mass is 190 g/mol. The highest BCUT2D eigenvalue weighted by atomic mass is 16.7. The smallest absolute Gasteiger partial charge is 0.328 e. The molecule has 0 unspecified atom stereocenters. The van der Waals surface area contributed by atoms with Gasteiger partial charge in [-0.1, -0.05) is 0 Å². The average Bonchev–Trinajstić information content (AvgIpc) is 1.81. The van der Waals surface area contributed by atoms with Gasteiger partial charge in [0.15, 0.2) is 17.5 Å². The Balaban J connectivity index is 4.48. The summed E-state index contributed by atoms with van der Waals surface area (Å²) in [6.45, 7) is -0.234. The van der Waals surface area contributed by atoms with Crippen molar-refractivity contribution >= 4 is 17.5 Å². The van der Waals surface area contributed by atoms with Gasteiger partial charge in [-0.15, -0.1) is 0 Å². The molecule has 6 heteroatoms. The SMILES string of the molecule is CC(=O)C(C(C)=O)C(=O)OC(O)O. The van der Waals surface area contributed by atoms with Crippen molar-refractivity contribution in [2.75, 3.05) is 0 Å². The first kappa shape index (κ1) is 11.7. The van der Waals surface area contributed by atoms with Crippen LogP contribution in [0.3, 0.4) is 0 Å². The first-order valence-electron chi connectivity index (χ1n) is 3.43. The molecule has 0 aromatic carbocycles. The van der Waals surface area contributed by atoms with E-state index in [0.29, 0.717) is 0 Å². The quantitative estimate of drug-likeness (QED) is 0.321. The zero-order valence-electron chi connectivity index (χ0n) is 7.18. The van der Waals surface area contributed by atoms with E-state index in [1.165, 1.54) is 0 Å². The van der Waals surface area contributed by atoms with Crippen molar-refractivity contribution in [3.63, 3.8) is 0 Å². The summed E-state index contributed by atoms with van der Waals surface area (Å²) in [7, 11) is 0. The summed E-state index contributed by atoms with van der Waals surface area (Å²) in [5, 5.41) is 16.5. The number of carbonyl (C=O) groups is 3. The van der Waals surface area contributed by atoms with Crippen LogP contribution >= 0.6 is 0 Å². The van der Waals surface area contributed by atoms with Crippen molar-refractivity contribution in [2.24, 2.45) is 5.92 Å². The third-order valence-corrected chi connectivity index (χ3v) is 1.27. The fraction of sp³-hybridized carbons (Fsp3) is 0.571. The van der Waals surface area contributed by atoms with Crippen molar-refractivity contribution < 1.29 is 29.3 Å². The number of esters is 1. The Morgan fingerprint density at radius 3 is 1.69 bits per heavy atom. The Labute approximate surface area is 74.1 Å². The van der Waals surface area contributed by atoms with Gasteiger partial charge >= 0.3 is 12.4 Å². The van der Waals surface area contributed by atoms with E-state index in [2.05, 4.69) is 4.74 Å². The predicted octanol–water partition coefficient (Wildman–Crippen LogP) is -1.41.